The zero-order valence-electron chi connectivity index (χ0n) is 19.9. The molecule has 5 heteroatoms. The Balaban J connectivity index is 1.75. The topological polar surface area (TPSA) is 48.4 Å². The fourth-order valence-corrected chi connectivity index (χ4v) is 4.70. The Hall–Kier alpha value is -4.15. The van der Waals surface area contributed by atoms with Gasteiger partial charge in [-0.15, -0.1) is 0 Å². The summed E-state index contributed by atoms with van der Waals surface area (Å²) in [4.78, 5) is 19.0. The van der Waals surface area contributed by atoms with Gasteiger partial charge in [-0.2, -0.15) is 4.98 Å². The molecule has 4 nitrogen and oxygen atoms in total. The van der Waals surface area contributed by atoms with E-state index in [2.05, 4.69) is 4.98 Å². The van der Waals surface area contributed by atoms with Crippen LogP contribution in [-0.2, 0) is 0 Å². The van der Waals surface area contributed by atoms with Gasteiger partial charge in [0.15, 0.2) is 5.78 Å². The molecule has 36 heavy (non-hydrogen) atoms. The predicted octanol–water partition coefficient (Wildman–Crippen LogP) is 7.59. The molecule has 0 amide bonds. The molecule has 0 spiro atoms. The van der Waals surface area contributed by atoms with E-state index in [1.807, 2.05) is 103 Å². The SMILES string of the molecule is COc1nc(OC)c(C(C(=O)c2cccc3ccccc23)c2ccccc2)cc1-c1ccc(Cl)cc1. The van der Waals surface area contributed by atoms with Crippen LogP contribution in [0.5, 0.6) is 11.8 Å². The number of ether oxygens (including phenoxy) is 2. The summed E-state index contributed by atoms with van der Waals surface area (Å²) in [6.45, 7) is 0. The van der Waals surface area contributed by atoms with Crippen molar-refractivity contribution < 1.29 is 14.3 Å². The van der Waals surface area contributed by atoms with Crippen molar-refractivity contribution >= 4 is 28.2 Å². The van der Waals surface area contributed by atoms with Gasteiger partial charge < -0.3 is 9.47 Å². The molecule has 0 aliphatic rings. The Morgan fingerprint density at radius 2 is 1.44 bits per heavy atom. The lowest BCUT2D eigenvalue weighted by molar-refractivity contribution is 0.0974. The standard InChI is InChI=1S/C31H24ClNO3/c1-35-30-26(21-15-17-23(32)18-16-21)19-27(31(33-30)36-2)28(22-10-4-3-5-11-22)29(34)25-14-8-12-20-9-6-7-13-24(20)25/h3-19,28H,1-2H3. The van der Waals surface area contributed by atoms with Crippen LogP contribution in [0.4, 0.5) is 0 Å². The summed E-state index contributed by atoms with van der Waals surface area (Å²) < 4.78 is 11.3. The van der Waals surface area contributed by atoms with E-state index < -0.39 is 5.92 Å². The molecule has 0 bridgehead atoms. The zero-order chi connectivity index (χ0) is 25.1. The van der Waals surface area contributed by atoms with E-state index >= 15 is 0 Å². The fourth-order valence-electron chi connectivity index (χ4n) is 4.57. The first kappa shape index (κ1) is 23.6. The maximum atomic E-state index is 14.3. The molecule has 0 fully saturated rings. The molecule has 0 saturated carbocycles. The molecule has 5 aromatic rings. The van der Waals surface area contributed by atoms with Gasteiger partial charge in [0.2, 0.25) is 11.8 Å². The number of methoxy groups -OCH3 is 2. The first-order valence-electron chi connectivity index (χ1n) is 11.6. The molecule has 178 valence electrons. The molecule has 5 rings (SSSR count). The third-order valence-corrected chi connectivity index (χ3v) is 6.54. The van der Waals surface area contributed by atoms with Crippen molar-refractivity contribution in [3.05, 3.63) is 125 Å². The number of carbonyl (C=O) groups excluding carboxylic acids is 1. The van der Waals surface area contributed by atoms with Crippen LogP contribution in [-0.4, -0.2) is 25.0 Å². The normalized spacial score (nSPS) is 11.8. The van der Waals surface area contributed by atoms with Crippen molar-refractivity contribution in [2.75, 3.05) is 14.2 Å². The predicted molar refractivity (Wildman–Crippen MR) is 144 cm³/mol. The lowest BCUT2D eigenvalue weighted by Crippen LogP contribution is -2.17. The number of hydrogen-bond donors (Lipinski definition) is 0. The Labute approximate surface area is 215 Å². The third-order valence-electron chi connectivity index (χ3n) is 6.28. The Bertz CT molecular complexity index is 1530. The molecule has 1 atom stereocenters. The van der Waals surface area contributed by atoms with Crippen LogP contribution in [0.1, 0.15) is 27.4 Å². The third kappa shape index (κ3) is 4.43. The number of hydrogen-bond acceptors (Lipinski definition) is 4. The highest BCUT2D eigenvalue weighted by Gasteiger charge is 2.30. The monoisotopic (exact) mass is 493 g/mol. The van der Waals surface area contributed by atoms with Gasteiger partial charge >= 0.3 is 0 Å². The van der Waals surface area contributed by atoms with Crippen LogP contribution >= 0.6 is 11.6 Å². The van der Waals surface area contributed by atoms with Crippen molar-refractivity contribution in [3.8, 4) is 22.9 Å². The van der Waals surface area contributed by atoms with Crippen molar-refractivity contribution in [1.82, 2.24) is 4.98 Å². The summed E-state index contributed by atoms with van der Waals surface area (Å²) in [6, 6.07) is 32.8. The van der Waals surface area contributed by atoms with Crippen molar-refractivity contribution in [2.45, 2.75) is 5.92 Å². The van der Waals surface area contributed by atoms with E-state index in [9.17, 15) is 4.79 Å². The number of halogens is 1. The minimum Gasteiger partial charge on any atom is -0.481 e. The molecule has 4 aromatic carbocycles. The lowest BCUT2D eigenvalue weighted by atomic mass is 9.83. The second-order valence-electron chi connectivity index (χ2n) is 8.39. The molecular weight excluding hydrogens is 470 g/mol. The molecule has 0 aliphatic heterocycles. The maximum absolute atomic E-state index is 14.3. The largest absolute Gasteiger partial charge is 0.481 e. The summed E-state index contributed by atoms with van der Waals surface area (Å²) in [5.74, 6) is 0.0658. The molecule has 0 saturated heterocycles. The van der Waals surface area contributed by atoms with Crippen LogP contribution < -0.4 is 9.47 Å². The van der Waals surface area contributed by atoms with Gasteiger partial charge in [-0.05, 0) is 40.1 Å². The second kappa shape index (κ2) is 10.2. The minimum atomic E-state index is -0.642. The van der Waals surface area contributed by atoms with Crippen LogP contribution in [0.15, 0.2) is 103 Å². The van der Waals surface area contributed by atoms with Gasteiger partial charge in [-0.1, -0.05) is 96.5 Å². The van der Waals surface area contributed by atoms with Gasteiger partial charge in [0.05, 0.1) is 20.1 Å². The Kier molecular flexibility index (Phi) is 6.70. The van der Waals surface area contributed by atoms with E-state index in [1.165, 1.54) is 0 Å². The van der Waals surface area contributed by atoms with E-state index in [-0.39, 0.29) is 5.78 Å². The minimum absolute atomic E-state index is 0.0367. The van der Waals surface area contributed by atoms with Gasteiger partial charge in [-0.3, -0.25) is 4.79 Å². The van der Waals surface area contributed by atoms with Crippen LogP contribution in [0.2, 0.25) is 5.02 Å². The van der Waals surface area contributed by atoms with E-state index in [0.717, 1.165) is 27.5 Å². The average Bonchev–Trinajstić information content (AvgIpc) is 2.93. The van der Waals surface area contributed by atoms with Crippen LogP contribution in [0.3, 0.4) is 0 Å². The molecule has 0 aliphatic carbocycles. The molecule has 0 radical (unpaired) electrons. The average molecular weight is 494 g/mol. The number of fused-ring (bicyclic) bond motifs is 1. The van der Waals surface area contributed by atoms with Crippen LogP contribution in [0, 0.1) is 0 Å². The van der Waals surface area contributed by atoms with E-state index in [1.54, 1.807) is 14.2 Å². The Morgan fingerprint density at radius 3 is 2.17 bits per heavy atom. The van der Waals surface area contributed by atoms with E-state index in [0.29, 0.717) is 27.9 Å². The first-order valence-corrected chi connectivity index (χ1v) is 11.9. The summed E-state index contributed by atoms with van der Waals surface area (Å²) >= 11 is 6.13. The molecule has 1 aromatic heterocycles. The summed E-state index contributed by atoms with van der Waals surface area (Å²) in [7, 11) is 3.12. The molecule has 0 N–H and O–H groups in total. The van der Waals surface area contributed by atoms with Crippen molar-refractivity contribution in [3.63, 3.8) is 0 Å². The number of Topliss-reactive ketones (excluding diaryl/α,β-unsaturated/α-hetero) is 1. The van der Waals surface area contributed by atoms with Gasteiger partial charge in [0.1, 0.15) is 0 Å². The summed E-state index contributed by atoms with van der Waals surface area (Å²) in [6.07, 6.45) is 0. The van der Waals surface area contributed by atoms with Gasteiger partial charge in [0.25, 0.3) is 0 Å². The van der Waals surface area contributed by atoms with E-state index in [4.69, 9.17) is 21.1 Å². The number of pyridine rings is 1. The highest BCUT2D eigenvalue weighted by molar-refractivity contribution is 6.30. The first-order chi connectivity index (χ1) is 17.6. The highest BCUT2D eigenvalue weighted by Crippen LogP contribution is 2.40. The number of aromatic nitrogens is 1. The van der Waals surface area contributed by atoms with Crippen LogP contribution in [0.25, 0.3) is 21.9 Å². The summed E-state index contributed by atoms with van der Waals surface area (Å²) in [5, 5.41) is 2.55. The number of carbonyl (C=O) groups is 1. The molecule has 1 unspecified atom stereocenters. The summed E-state index contributed by atoms with van der Waals surface area (Å²) in [5.41, 5.74) is 3.77. The highest BCUT2D eigenvalue weighted by atomic mass is 35.5. The van der Waals surface area contributed by atoms with Crippen molar-refractivity contribution in [1.29, 1.82) is 0 Å². The van der Waals surface area contributed by atoms with Crippen molar-refractivity contribution in [2.24, 2.45) is 0 Å². The second-order valence-corrected chi connectivity index (χ2v) is 8.82. The van der Waals surface area contributed by atoms with Gasteiger partial charge in [-0.25, -0.2) is 0 Å². The number of rotatable bonds is 7. The molecule has 1 heterocycles. The quantitative estimate of drug-likeness (QED) is 0.219. The fraction of sp³-hybridized carbons (Fsp3) is 0.0968. The lowest BCUT2D eigenvalue weighted by Gasteiger charge is -2.22. The number of nitrogens with zero attached hydrogens (tertiary/aromatic N) is 1. The molecular formula is C31H24ClNO3. The smallest absolute Gasteiger partial charge is 0.224 e. The maximum Gasteiger partial charge on any atom is 0.224 e. The van der Waals surface area contributed by atoms with Gasteiger partial charge in [0, 0.05) is 21.7 Å². The number of ketones is 1. The zero-order valence-corrected chi connectivity index (χ0v) is 20.7. The Morgan fingerprint density at radius 1 is 0.778 bits per heavy atom. The number of benzene rings is 4.